The highest BCUT2D eigenvalue weighted by Gasteiger charge is 2.60. The van der Waals surface area contributed by atoms with E-state index in [2.05, 4.69) is 0 Å². The summed E-state index contributed by atoms with van der Waals surface area (Å²) in [6, 6.07) is 2.98. The molecule has 0 aromatic heterocycles. The van der Waals surface area contributed by atoms with Gasteiger partial charge >= 0.3 is 0 Å². The number of aliphatic hydroxyl groups excluding tert-OH is 2. The highest BCUT2D eigenvalue weighted by atomic mass is 16.3. The normalized spacial score (nSPS) is 28.8. The number of benzene rings is 1. The topological polar surface area (TPSA) is 184 Å². The maximum absolute atomic E-state index is 13.3. The van der Waals surface area contributed by atoms with E-state index < -0.39 is 52.0 Å². The predicted molar refractivity (Wildman–Crippen MR) is 99.3 cm³/mol. The molecule has 0 aliphatic heterocycles. The number of fused-ring (bicyclic) bond motifs is 3. The van der Waals surface area contributed by atoms with Crippen LogP contribution in [0.25, 0.3) is 5.76 Å². The Morgan fingerprint density at radius 3 is 2.48 bits per heavy atom. The highest BCUT2D eigenvalue weighted by Crippen LogP contribution is 2.52. The zero-order valence-electron chi connectivity index (χ0n) is 15.3. The Morgan fingerprint density at radius 2 is 1.86 bits per heavy atom. The number of hydrogen-bond acceptors (Lipinski definition) is 8. The highest BCUT2D eigenvalue weighted by molar-refractivity contribution is 6.22. The van der Waals surface area contributed by atoms with Crippen LogP contribution in [-0.2, 0) is 27.3 Å². The van der Waals surface area contributed by atoms with Crippen LogP contribution in [0, 0.1) is 11.8 Å². The van der Waals surface area contributed by atoms with Crippen molar-refractivity contribution in [3.05, 3.63) is 45.7 Å². The average Bonchev–Trinajstić information content (AvgIpc) is 2.64. The van der Waals surface area contributed by atoms with Crippen LogP contribution in [0.3, 0.4) is 0 Å². The van der Waals surface area contributed by atoms with Crippen LogP contribution < -0.4 is 11.5 Å². The first-order chi connectivity index (χ1) is 13.6. The van der Waals surface area contributed by atoms with Gasteiger partial charge in [0, 0.05) is 24.5 Å². The van der Waals surface area contributed by atoms with Crippen molar-refractivity contribution in [2.45, 2.75) is 31.4 Å². The lowest BCUT2D eigenvalue weighted by Crippen LogP contribution is -2.58. The lowest BCUT2D eigenvalue weighted by molar-refractivity contribution is -0.147. The molecule has 0 bridgehead atoms. The van der Waals surface area contributed by atoms with Crippen LogP contribution >= 0.6 is 0 Å². The number of primary amides is 1. The minimum atomic E-state index is -2.54. The third-order valence-corrected chi connectivity index (χ3v) is 6.26. The van der Waals surface area contributed by atoms with E-state index in [9.17, 15) is 34.8 Å². The molecule has 152 valence electrons. The molecule has 8 N–H and O–H groups in total. The Labute approximate surface area is 164 Å². The molecule has 1 aromatic carbocycles. The molecular formula is C20H20N2O7. The van der Waals surface area contributed by atoms with Crippen molar-refractivity contribution in [2.75, 3.05) is 0 Å². The summed E-state index contributed by atoms with van der Waals surface area (Å²) in [5.41, 5.74) is 8.73. The van der Waals surface area contributed by atoms with Gasteiger partial charge in [-0.1, -0.05) is 6.07 Å². The van der Waals surface area contributed by atoms with Crippen molar-refractivity contribution in [3.63, 3.8) is 0 Å². The van der Waals surface area contributed by atoms with Gasteiger partial charge in [-0.15, -0.1) is 0 Å². The van der Waals surface area contributed by atoms with Gasteiger partial charge < -0.3 is 31.9 Å². The Bertz CT molecular complexity index is 1060. The van der Waals surface area contributed by atoms with E-state index in [0.717, 1.165) is 0 Å². The zero-order valence-corrected chi connectivity index (χ0v) is 15.3. The van der Waals surface area contributed by atoms with E-state index in [1.54, 1.807) is 6.07 Å². The number of phenols is 1. The first-order valence-electron chi connectivity index (χ1n) is 9.14. The second kappa shape index (κ2) is 6.16. The van der Waals surface area contributed by atoms with Crippen molar-refractivity contribution in [3.8, 4) is 5.75 Å². The fourth-order valence-corrected chi connectivity index (χ4v) is 4.88. The van der Waals surface area contributed by atoms with E-state index in [1.807, 2.05) is 0 Å². The Morgan fingerprint density at radius 1 is 1.17 bits per heavy atom. The van der Waals surface area contributed by atoms with Crippen LogP contribution in [0.15, 0.2) is 29.0 Å². The molecule has 9 heteroatoms. The number of amides is 1. The van der Waals surface area contributed by atoms with Gasteiger partial charge in [-0.3, -0.25) is 14.4 Å². The van der Waals surface area contributed by atoms with E-state index >= 15 is 0 Å². The second-order valence-corrected chi connectivity index (χ2v) is 7.71. The van der Waals surface area contributed by atoms with Gasteiger partial charge in [0.1, 0.15) is 22.8 Å². The molecule has 1 aromatic rings. The summed E-state index contributed by atoms with van der Waals surface area (Å²) in [6.07, 6.45) is 0.0175. The summed E-state index contributed by atoms with van der Waals surface area (Å²) in [5, 5.41) is 42.6. The number of ketones is 2. The molecule has 3 atom stereocenters. The predicted octanol–water partition coefficient (Wildman–Crippen LogP) is -0.117. The summed E-state index contributed by atoms with van der Waals surface area (Å²) in [5.74, 6) is -6.37. The molecule has 2 unspecified atom stereocenters. The molecule has 3 aliphatic carbocycles. The van der Waals surface area contributed by atoms with Crippen LogP contribution in [-0.4, -0.2) is 43.5 Å². The largest absolute Gasteiger partial charge is 0.508 e. The zero-order chi connectivity index (χ0) is 21.2. The number of carbonyl (C=O) groups is 3. The smallest absolute Gasteiger partial charge is 0.255 e. The summed E-state index contributed by atoms with van der Waals surface area (Å²) in [7, 11) is 0. The summed E-state index contributed by atoms with van der Waals surface area (Å²) in [6.45, 7) is 0.156. The number of carbonyl (C=O) groups excluding carboxylic acids is 3. The minimum absolute atomic E-state index is 0.0556. The number of rotatable bonds is 2. The summed E-state index contributed by atoms with van der Waals surface area (Å²) in [4.78, 5) is 37.1. The van der Waals surface area contributed by atoms with E-state index in [-0.39, 0.29) is 42.7 Å². The van der Waals surface area contributed by atoms with Gasteiger partial charge in [0.15, 0.2) is 11.4 Å². The lowest BCUT2D eigenvalue weighted by atomic mass is 9.59. The molecule has 1 amide bonds. The van der Waals surface area contributed by atoms with Gasteiger partial charge in [0.05, 0.1) is 5.56 Å². The van der Waals surface area contributed by atoms with Gasteiger partial charge in [-0.05, 0) is 36.0 Å². The van der Waals surface area contributed by atoms with Crippen molar-refractivity contribution in [1.82, 2.24) is 0 Å². The third-order valence-electron chi connectivity index (χ3n) is 6.26. The van der Waals surface area contributed by atoms with Crippen molar-refractivity contribution >= 4 is 23.2 Å². The van der Waals surface area contributed by atoms with Crippen molar-refractivity contribution in [2.24, 2.45) is 23.3 Å². The second-order valence-electron chi connectivity index (χ2n) is 7.71. The molecule has 29 heavy (non-hydrogen) atoms. The lowest BCUT2D eigenvalue weighted by Gasteiger charge is -2.46. The van der Waals surface area contributed by atoms with Gasteiger partial charge in [0.2, 0.25) is 5.78 Å². The molecule has 1 saturated carbocycles. The number of aromatic hydroxyl groups is 1. The first-order valence-corrected chi connectivity index (χ1v) is 9.14. The van der Waals surface area contributed by atoms with Crippen LogP contribution in [0.2, 0.25) is 0 Å². The maximum atomic E-state index is 13.3. The standard InChI is InChI=1S/C20H20N2O7/c21-6-7-1-2-11(23)14-10(7)4-8-3-9-5-12(24)15(19(22)28)18(27)20(9,29)17(26)13(8)16(14)25/h1-2,8-9,23,25,27,29H,3-6,21H2,(H2,22,28)/t8?,9?,20-/m0/s1. The van der Waals surface area contributed by atoms with Gasteiger partial charge in [0.25, 0.3) is 5.91 Å². The van der Waals surface area contributed by atoms with E-state index in [1.165, 1.54) is 6.07 Å². The first kappa shape index (κ1) is 19.2. The van der Waals surface area contributed by atoms with Crippen LogP contribution in [0.4, 0.5) is 0 Å². The molecule has 3 aliphatic rings. The number of nitrogens with two attached hydrogens (primary N) is 2. The third kappa shape index (κ3) is 2.37. The molecule has 0 heterocycles. The average molecular weight is 400 g/mol. The van der Waals surface area contributed by atoms with Crippen LogP contribution in [0.5, 0.6) is 5.75 Å². The SMILES string of the molecule is NCc1ccc(O)c2c1CC1CC3CC(=O)C(C(N)=O)=C(O)[C@@]3(O)C(=O)C1=C2O. The molecule has 4 rings (SSSR count). The molecule has 0 radical (unpaired) electrons. The number of Topliss-reactive ketones (excluding diaryl/α,β-unsaturated/α-hetero) is 2. The Balaban J connectivity index is 1.94. The van der Waals surface area contributed by atoms with Crippen molar-refractivity contribution < 1.29 is 34.8 Å². The fraction of sp³-hybridized carbons (Fsp3) is 0.350. The fourth-order valence-electron chi connectivity index (χ4n) is 4.88. The minimum Gasteiger partial charge on any atom is -0.508 e. The van der Waals surface area contributed by atoms with Crippen LogP contribution in [0.1, 0.15) is 29.5 Å². The number of aliphatic hydroxyl groups is 3. The molecule has 1 fully saturated rings. The Hall–Kier alpha value is -3.17. The van der Waals surface area contributed by atoms with E-state index in [4.69, 9.17) is 11.5 Å². The molecule has 9 nitrogen and oxygen atoms in total. The maximum Gasteiger partial charge on any atom is 0.255 e. The number of hydrogen-bond donors (Lipinski definition) is 6. The quantitative estimate of drug-likeness (QED) is 0.371. The van der Waals surface area contributed by atoms with Gasteiger partial charge in [-0.25, -0.2) is 0 Å². The summed E-state index contributed by atoms with van der Waals surface area (Å²) >= 11 is 0. The molecule has 0 saturated heterocycles. The van der Waals surface area contributed by atoms with Crippen molar-refractivity contribution in [1.29, 1.82) is 0 Å². The molecular weight excluding hydrogens is 380 g/mol. The molecule has 0 spiro atoms. The van der Waals surface area contributed by atoms with E-state index in [0.29, 0.717) is 11.1 Å². The number of phenolic OH excluding ortho intramolecular Hbond substituents is 1. The monoisotopic (exact) mass is 400 g/mol. The van der Waals surface area contributed by atoms with Gasteiger partial charge in [-0.2, -0.15) is 0 Å². The Kier molecular flexibility index (Phi) is 4.07. The summed E-state index contributed by atoms with van der Waals surface area (Å²) < 4.78 is 0.